The summed E-state index contributed by atoms with van der Waals surface area (Å²) in [6.07, 6.45) is 11.2. The summed E-state index contributed by atoms with van der Waals surface area (Å²) in [7, 11) is 0. The van der Waals surface area contributed by atoms with E-state index in [-0.39, 0.29) is 6.61 Å². The van der Waals surface area contributed by atoms with E-state index in [1.807, 2.05) is 38.2 Å². The topological polar surface area (TPSA) is 40.5 Å². The van der Waals surface area contributed by atoms with E-state index in [1.54, 1.807) is 12.2 Å². The van der Waals surface area contributed by atoms with Crippen molar-refractivity contribution in [1.29, 1.82) is 0 Å². The van der Waals surface area contributed by atoms with Gasteiger partial charge in [-0.3, -0.25) is 0 Å². The van der Waals surface area contributed by atoms with Gasteiger partial charge in [-0.2, -0.15) is 0 Å². The van der Waals surface area contributed by atoms with Gasteiger partial charge in [0.2, 0.25) is 0 Å². The molecule has 0 fully saturated rings. The molecule has 0 radical (unpaired) electrons. The Balaban J connectivity index is 4.12. The maximum Gasteiger partial charge on any atom is 0.109 e. The third-order valence-corrected chi connectivity index (χ3v) is 1.66. The molecule has 0 bridgehead atoms. The molecule has 2 nitrogen and oxygen atoms in total. The predicted molar refractivity (Wildman–Crippen MR) is 55.4 cm³/mol. The Kier molecular flexibility index (Phi) is 6.20. The summed E-state index contributed by atoms with van der Waals surface area (Å²) in [4.78, 5) is 0. The third-order valence-electron chi connectivity index (χ3n) is 1.66. The SMILES string of the molecule is C/C=C/C=C/CC(O)(/C=C/C)CO. The van der Waals surface area contributed by atoms with Crippen LogP contribution in [0.2, 0.25) is 0 Å². The first-order valence-electron chi connectivity index (χ1n) is 4.43. The molecule has 1 unspecified atom stereocenters. The van der Waals surface area contributed by atoms with Crippen LogP contribution in [-0.4, -0.2) is 22.4 Å². The van der Waals surface area contributed by atoms with Crippen LogP contribution in [0.3, 0.4) is 0 Å². The van der Waals surface area contributed by atoms with Gasteiger partial charge < -0.3 is 10.2 Å². The van der Waals surface area contributed by atoms with Gasteiger partial charge in [-0.05, 0) is 13.8 Å². The third kappa shape index (κ3) is 5.39. The van der Waals surface area contributed by atoms with Crippen molar-refractivity contribution in [3.63, 3.8) is 0 Å². The first-order valence-corrected chi connectivity index (χ1v) is 4.43. The molecule has 0 aliphatic carbocycles. The number of aliphatic hydroxyl groups is 2. The number of rotatable bonds is 5. The molecule has 74 valence electrons. The van der Waals surface area contributed by atoms with Crippen LogP contribution in [-0.2, 0) is 0 Å². The van der Waals surface area contributed by atoms with Gasteiger partial charge in [0.1, 0.15) is 5.60 Å². The fraction of sp³-hybridized carbons (Fsp3) is 0.455. The maximum absolute atomic E-state index is 9.71. The number of aliphatic hydroxyl groups excluding tert-OH is 1. The van der Waals surface area contributed by atoms with Crippen LogP contribution in [0.5, 0.6) is 0 Å². The Hall–Kier alpha value is -0.860. The van der Waals surface area contributed by atoms with Crippen LogP contribution >= 0.6 is 0 Å². The molecule has 0 heterocycles. The highest BCUT2D eigenvalue weighted by Gasteiger charge is 2.19. The Morgan fingerprint density at radius 3 is 2.31 bits per heavy atom. The van der Waals surface area contributed by atoms with Gasteiger partial charge >= 0.3 is 0 Å². The Morgan fingerprint density at radius 2 is 1.85 bits per heavy atom. The Morgan fingerprint density at radius 1 is 1.15 bits per heavy atom. The van der Waals surface area contributed by atoms with Crippen molar-refractivity contribution in [2.75, 3.05) is 6.61 Å². The highest BCUT2D eigenvalue weighted by Crippen LogP contribution is 2.12. The van der Waals surface area contributed by atoms with Crippen LogP contribution in [0.15, 0.2) is 36.5 Å². The fourth-order valence-electron chi connectivity index (χ4n) is 0.957. The second-order valence-corrected chi connectivity index (χ2v) is 2.92. The summed E-state index contributed by atoms with van der Waals surface area (Å²) in [6.45, 7) is 3.49. The van der Waals surface area contributed by atoms with Gasteiger partial charge in [0.05, 0.1) is 6.61 Å². The highest BCUT2D eigenvalue weighted by atomic mass is 16.3. The lowest BCUT2D eigenvalue weighted by Gasteiger charge is -2.19. The summed E-state index contributed by atoms with van der Waals surface area (Å²) < 4.78 is 0. The Bertz CT molecular complexity index is 204. The number of hydrogen-bond donors (Lipinski definition) is 2. The predicted octanol–water partition coefficient (Wildman–Crippen LogP) is 1.81. The van der Waals surface area contributed by atoms with Crippen LogP contribution in [0.1, 0.15) is 20.3 Å². The molecule has 0 rings (SSSR count). The van der Waals surface area contributed by atoms with E-state index in [0.29, 0.717) is 6.42 Å². The molecule has 0 saturated heterocycles. The van der Waals surface area contributed by atoms with E-state index in [1.165, 1.54) is 0 Å². The first-order chi connectivity index (χ1) is 6.18. The number of hydrogen-bond acceptors (Lipinski definition) is 2. The lowest BCUT2D eigenvalue weighted by atomic mass is 10.00. The summed E-state index contributed by atoms with van der Waals surface area (Å²) in [5, 5.41) is 18.6. The van der Waals surface area contributed by atoms with Crippen LogP contribution < -0.4 is 0 Å². The monoisotopic (exact) mass is 182 g/mol. The molecule has 0 saturated carbocycles. The molecule has 0 aliphatic heterocycles. The summed E-state index contributed by atoms with van der Waals surface area (Å²) in [5.74, 6) is 0. The minimum absolute atomic E-state index is 0.252. The molecule has 0 aliphatic rings. The van der Waals surface area contributed by atoms with E-state index in [2.05, 4.69) is 0 Å². The van der Waals surface area contributed by atoms with Gasteiger partial charge in [0.15, 0.2) is 0 Å². The van der Waals surface area contributed by atoms with Crippen molar-refractivity contribution in [2.24, 2.45) is 0 Å². The van der Waals surface area contributed by atoms with Gasteiger partial charge in [-0.15, -0.1) is 0 Å². The van der Waals surface area contributed by atoms with E-state index >= 15 is 0 Å². The first kappa shape index (κ1) is 12.1. The minimum Gasteiger partial charge on any atom is -0.393 e. The second kappa shape index (κ2) is 6.63. The molecule has 2 N–H and O–H groups in total. The minimum atomic E-state index is -1.10. The molecule has 13 heavy (non-hydrogen) atoms. The molecule has 0 aromatic carbocycles. The summed E-state index contributed by atoms with van der Waals surface area (Å²) in [6, 6.07) is 0. The van der Waals surface area contributed by atoms with Gasteiger partial charge in [0.25, 0.3) is 0 Å². The van der Waals surface area contributed by atoms with Crippen molar-refractivity contribution in [3.8, 4) is 0 Å². The Labute approximate surface area is 79.9 Å². The van der Waals surface area contributed by atoms with E-state index < -0.39 is 5.60 Å². The van der Waals surface area contributed by atoms with Gasteiger partial charge in [0, 0.05) is 6.42 Å². The molecule has 0 aromatic heterocycles. The standard InChI is InChI=1S/C11H18O2/c1-3-5-6-7-9-11(13,10-12)8-4-2/h3-8,12-13H,9-10H2,1-2H3/b5-3+,7-6+,8-4+. The van der Waals surface area contributed by atoms with Gasteiger partial charge in [-0.1, -0.05) is 36.5 Å². The zero-order valence-corrected chi connectivity index (χ0v) is 8.27. The van der Waals surface area contributed by atoms with Crippen molar-refractivity contribution in [1.82, 2.24) is 0 Å². The van der Waals surface area contributed by atoms with E-state index in [9.17, 15) is 5.11 Å². The van der Waals surface area contributed by atoms with Gasteiger partial charge in [-0.25, -0.2) is 0 Å². The largest absolute Gasteiger partial charge is 0.393 e. The normalized spacial score (nSPS) is 17.5. The zero-order valence-electron chi connectivity index (χ0n) is 8.27. The molecule has 1 atom stereocenters. The lowest BCUT2D eigenvalue weighted by Crippen LogP contribution is -2.29. The van der Waals surface area contributed by atoms with Crippen molar-refractivity contribution in [3.05, 3.63) is 36.5 Å². The molecular formula is C11H18O2. The second-order valence-electron chi connectivity index (χ2n) is 2.92. The van der Waals surface area contributed by atoms with E-state index in [0.717, 1.165) is 0 Å². The van der Waals surface area contributed by atoms with E-state index in [4.69, 9.17) is 5.11 Å². The summed E-state index contributed by atoms with van der Waals surface area (Å²) in [5.41, 5.74) is -1.10. The number of allylic oxidation sites excluding steroid dienone is 4. The fourth-order valence-corrected chi connectivity index (χ4v) is 0.957. The molecule has 2 heteroatoms. The van der Waals surface area contributed by atoms with Crippen molar-refractivity contribution in [2.45, 2.75) is 25.9 Å². The molecule has 0 amide bonds. The summed E-state index contributed by atoms with van der Waals surface area (Å²) >= 11 is 0. The van der Waals surface area contributed by atoms with Crippen LogP contribution in [0, 0.1) is 0 Å². The lowest BCUT2D eigenvalue weighted by molar-refractivity contribution is 0.0299. The smallest absolute Gasteiger partial charge is 0.109 e. The molecule has 0 spiro atoms. The maximum atomic E-state index is 9.71. The van der Waals surface area contributed by atoms with Crippen molar-refractivity contribution >= 4 is 0 Å². The molecule has 0 aromatic rings. The van der Waals surface area contributed by atoms with Crippen molar-refractivity contribution < 1.29 is 10.2 Å². The van der Waals surface area contributed by atoms with Crippen LogP contribution in [0.4, 0.5) is 0 Å². The average Bonchev–Trinajstić information content (AvgIpc) is 2.13. The quantitative estimate of drug-likeness (QED) is 0.503. The molecular weight excluding hydrogens is 164 g/mol. The van der Waals surface area contributed by atoms with Crippen LogP contribution in [0.25, 0.3) is 0 Å². The average molecular weight is 182 g/mol. The highest BCUT2D eigenvalue weighted by molar-refractivity contribution is 5.08. The zero-order chi connectivity index (χ0) is 10.2.